The molecule has 3 atom stereocenters. The first kappa shape index (κ1) is 26.8. The van der Waals surface area contributed by atoms with Crippen LogP contribution in [0.4, 0.5) is 0 Å². The summed E-state index contributed by atoms with van der Waals surface area (Å²) in [6, 6.07) is 12.7. The van der Waals surface area contributed by atoms with E-state index in [-0.39, 0.29) is 46.2 Å². The van der Waals surface area contributed by atoms with Gasteiger partial charge in [0.15, 0.2) is 0 Å². The van der Waals surface area contributed by atoms with Crippen LogP contribution >= 0.6 is 34.0 Å². The molecule has 0 aliphatic carbocycles. The predicted molar refractivity (Wildman–Crippen MR) is 135 cm³/mol. The highest BCUT2D eigenvalue weighted by Gasteiger charge is 2.37. The van der Waals surface area contributed by atoms with Gasteiger partial charge in [-0.3, -0.25) is 9.69 Å². The minimum Gasteiger partial charge on any atom is -0.507 e. The molecule has 2 heterocycles. The topological polar surface area (TPSA) is 96.0 Å². The summed E-state index contributed by atoms with van der Waals surface area (Å²) in [6.45, 7) is 3.69. The van der Waals surface area contributed by atoms with E-state index in [4.69, 9.17) is 10.5 Å². The van der Waals surface area contributed by atoms with Crippen molar-refractivity contribution in [3.05, 3.63) is 64.7 Å². The standard InChI is InChI=1S/C24H30N2O4.2BrH/c1-15-7-8-18-19(23(15)27)13-20(30-21(18)14-25)16-9-11-26(12-10-16)22(24(28)29)17-5-3-2-4-6-17;;/h2-8,16,20-22,27H,9-14,25H2,1H3,(H,28,29);2*1H/t20-,21-,22?;;/m0../s1. The van der Waals surface area contributed by atoms with Crippen LogP contribution in [0.2, 0.25) is 0 Å². The van der Waals surface area contributed by atoms with E-state index < -0.39 is 12.0 Å². The lowest BCUT2D eigenvalue weighted by Crippen LogP contribution is -2.44. The van der Waals surface area contributed by atoms with Gasteiger partial charge in [-0.1, -0.05) is 42.5 Å². The summed E-state index contributed by atoms with van der Waals surface area (Å²) >= 11 is 0. The number of aryl methyl sites for hydroxylation is 1. The molecule has 2 aromatic carbocycles. The van der Waals surface area contributed by atoms with Crippen LogP contribution in [0.1, 0.15) is 47.2 Å². The van der Waals surface area contributed by atoms with Crippen molar-refractivity contribution in [2.75, 3.05) is 19.6 Å². The number of fused-ring (bicyclic) bond motifs is 1. The normalized spacial score (nSPS) is 22.2. The first-order valence-electron chi connectivity index (χ1n) is 10.7. The second-order valence-corrected chi connectivity index (χ2v) is 8.43. The van der Waals surface area contributed by atoms with Crippen molar-refractivity contribution in [3.63, 3.8) is 0 Å². The van der Waals surface area contributed by atoms with Gasteiger partial charge >= 0.3 is 5.97 Å². The van der Waals surface area contributed by atoms with E-state index in [9.17, 15) is 15.0 Å². The molecular formula is C24H32Br2N2O4. The number of piperidine rings is 1. The maximum atomic E-state index is 12.0. The monoisotopic (exact) mass is 570 g/mol. The van der Waals surface area contributed by atoms with Crippen molar-refractivity contribution < 1.29 is 19.7 Å². The molecule has 0 spiro atoms. The zero-order chi connectivity index (χ0) is 21.3. The quantitative estimate of drug-likeness (QED) is 0.494. The minimum atomic E-state index is -0.814. The maximum Gasteiger partial charge on any atom is 0.325 e. The molecule has 2 aromatic rings. The molecule has 32 heavy (non-hydrogen) atoms. The highest BCUT2D eigenvalue weighted by Crippen LogP contribution is 2.40. The Kier molecular flexibility index (Phi) is 9.72. The lowest BCUT2D eigenvalue weighted by atomic mass is 9.82. The largest absolute Gasteiger partial charge is 0.507 e. The molecular weight excluding hydrogens is 540 g/mol. The molecule has 2 aliphatic rings. The van der Waals surface area contributed by atoms with Gasteiger partial charge in [0.25, 0.3) is 0 Å². The number of phenolic OH excluding ortho intramolecular Hbond substituents is 1. The highest BCUT2D eigenvalue weighted by molar-refractivity contribution is 8.93. The van der Waals surface area contributed by atoms with Crippen molar-refractivity contribution in [2.45, 2.75) is 44.4 Å². The number of phenols is 1. The Morgan fingerprint density at radius 2 is 1.81 bits per heavy atom. The van der Waals surface area contributed by atoms with Gasteiger partial charge in [-0.05, 0) is 55.5 Å². The third kappa shape index (κ3) is 5.37. The second-order valence-electron chi connectivity index (χ2n) is 8.43. The Hall–Kier alpha value is -1.45. The smallest absolute Gasteiger partial charge is 0.325 e. The van der Waals surface area contributed by atoms with E-state index in [2.05, 4.69) is 0 Å². The number of hydrogen-bond donors (Lipinski definition) is 3. The van der Waals surface area contributed by atoms with Crippen molar-refractivity contribution in [1.82, 2.24) is 4.90 Å². The zero-order valence-electron chi connectivity index (χ0n) is 18.1. The summed E-state index contributed by atoms with van der Waals surface area (Å²) in [4.78, 5) is 14.0. The van der Waals surface area contributed by atoms with Crippen LogP contribution in [-0.4, -0.2) is 46.8 Å². The lowest BCUT2D eigenvalue weighted by molar-refractivity contribution is -0.144. The fourth-order valence-corrected chi connectivity index (χ4v) is 4.97. The van der Waals surface area contributed by atoms with E-state index in [1.165, 1.54) is 0 Å². The van der Waals surface area contributed by atoms with E-state index in [0.29, 0.717) is 37.7 Å². The number of halogens is 2. The molecule has 0 amide bonds. The second kappa shape index (κ2) is 11.6. The third-order valence-electron chi connectivity index (χ3n) is 6.64. The van der Waals surface area contributed by atoms with Gasteiger partial charge in [0, 0.05) is 18.5 Å². The number of rotatable bonds is 5. The summed E-state index contributed by atoms with van der Waals surface area (Å²) in [5.74, 6) is -0.147. The van der Waals surface area contributed by atoms with Crippen LogP contribution in [0.15, 0.2) is 42.5 Å². The van der Waals surface area contributed by atoms with Crippen molar-refractivity contribution in [2.24, 2.45) is 11.7 Å². The summed E-state index contributed by atoms with van der Waals surface area (Å²) < 4.78 is 6.35. The van der Waals surface area contributed by atoms with Gasteiger partial charge in [-0.2, -0.15) is 0 Å². The van der Waals surface area contributed by atoms with Gasteiger partial charge in [0.1, 0.15) is 11.8 Å². The van der Waals surface area contributed by atoms with E-state index >= 15 is 0 Å². The van der Waals surface area contributed by atoms with Gasteiger partial charge in [-0.15, -0.1) is 34.0 Å². The number of hydrogen-bond acceptors (Lipinski definition) is 5. The van der Waals surface area contributed by atoms with Gasteiger partial charge in [0.2, 0.25) is 0 Å². The number of aromatic hydroxyl groups is 1. The van der Waals surface area contributed by atoms with Crippen LogP contribution in [0.5, 0.6) is 5.75 Å². The first-order chi connectivity index (χ1) is 14.5. The van der Waals surface area contributed by atoms with Crippen LogP contribution in [0.3, 0.4) is 0 Å². The maximum absolute atomic E-state index is 12.0. The Bertz CT molecular complexity index is 904. The Morgan fingerprint density at radius 3 is 2.41 bits per heavy atom. The van der Waals surface area contributed by atoms with E-state index in [0.717, 1.165) is 35.1 Å². The van der Waals surface area contributed by atoms with Crippen molar-refractivity contribution in [1.29, 1.82) is 0 Å². The van der Waals surface area contributed by atoms with Crippen molar-refractivity contribution >= 4 is 39.9 Å². The number of carboxylic acid groups (broad SMARTS) is 1. The van der Waals surface area contributed by atoms with Crippen LogP contribution < -0.4 is 5.73 Å². The van der Waals surface area contributed by atoms with Crippen molar-refractivity contribution in [3.8, 4) is 5.75 Å². The van der Waals surface area contributed by atoms with Crippen LogP contribution in [0.25, 0.3) is 0 Å². The SMILES string of the molecule is Br.Br.Cc1ccc2c(c1O)C[C@@H](C1CCN(C(C(=O)O)c3ccccc3)CC1)O[C@H]2CN. The highest BCUT2D eigenvalue weighted by atomic mass is 79.9. The average molecular weight is 572 g/mol. The molecule has 2 aliphatic heterocycles. The fourth-order valence-electron chi connectivity index (χ4n) is 4.97. The molecule has 0 saturated carbocycles. The van der Waals surface area contributed by atoms with Gasteiger partial charge in [0.05, 0.1) is 12.2 Å². The molecule has 6 nitrogen and oxygen atoms in total. The Labute approximate surface area is 210 Å². The number of likely N-dealkylation sites (tertiary alicyclic amines) is 1. The molecule has 0 radical (unpaired) electrons. The number of carbonyl (C=O) groups is 1. The Morgan fingerprint density at radius 1 is 1.16 bits per heavy atom. The van der Waals surface area contributed by atoms with Gasteiger partial charge in [-0.25, -0.2) is 0 Å². The number of benzene rings is 2. The molecule has 1 unspecified atom stereocenters. The number of nitrogens with zero attached hydrogens (tertiary/aromatic N) is 1. The van der Waals surface area contributed by atoms with Gasteiger partial charge < -0.3 is 20.7 Å². The van der Waals surface area contributed by atoms with E-state index in [1.807, 2.05) is 54.3 Å². The number of nitrogens with two attached hydrogens (primary N) is 1. The number of ether oxygens (including phenoxy) is 1. The zero-order valence-corrected chi connectivity index (χ0v) is 21.6. The lowest BCUT2D eigenvalue weighted by Gasteiger charge is -2.41. The molecule has 4 N–H and O–H groups in total. The van der Waals surface area contributed by atoms with Crippen LogP contribution in [0, 0.1) is 12.8 Å². The molecule has 0 aromatic heterocycles. The molecule has 1 saturated heterocycles. The molecule has 0 bridgehead atoms. The van der Waals surface area contributed by atoms with E-state index in [1.54, 1.807) is 0 Å². The third-order valence-corrected chi connectivity index (χ3v) is 6.64. The fraction of sp³-hybridized carbons (Fsp3) is 0.458. The number of carboxylic acids is 1. The molecule has 4 rings (SSSR count). The average Bonchev–Trinajstić information content (AvgIpc) is 2.77. The first-order valence-corrected chi connectivity index (χ1v) is 10.7. The summed E-state index contributed by atoms with van der Waals surface area (Å²) in [6.07, 6.45) is 2.17. The predicted octanol–water partition coefficient (Wildman–Crippen LogP) is 4.34. The molecule has 8 heteroatoms. The molecule has 1 fully saturated rings. The summed E-state index contributed by atoms with van der Waals surface area (Å²) in [5.41, 5.74) is 9.61. The van der Waals surface area contributed by atoms with Crippen LogP contribution in [-0.2, 0) is 16.0 Å². The minimum absolute atomic E-state index is 0. The summed E-state index contributed by atoms with van der Waals surface area (Å²) in [5, 5.41) is 20.4. The number of aliphatic carboxylic acids is 1. The molecule has 176 valence electrons. The summed E-state index contributed by atoms with van der Waals surface area (Å²) in [7, 11) is 0. The Balaban J connectivity index is 0.00000181.